The third-order valence-corrected chi connectivity index (χ3v) is 2.85. The van der Waals surface area contributed by atoms with Gasteiger partial charge in [-0.05, 0) is 18.8 Å². The minimum atomic E-state index is 0.169. The van der Waals surface area contributed by atoms with Gasteiger partial charge in [0.05, 0.1) is 0 Å². The molecule has 0 unspecified atom stereocenters. The van der Waals surface area contributed by atoms with Gasteiger partial charge in [-0.15, -0.1) is 0 Å². The zero-order valence-electron chi connectivity index (χ0n) is 6.42. The summed E-state index contributed by atoms with van der Waals surface area (Å²) in [5, 5.41) is 11.9. The first-order chi connectivity index (χ1) is 5.29. The lowest BCUT2D eigenvalue weighted by atomic mass is 10.0. The number of hydrogen-bond donors (Lipinski definition) is 2. The molecule has 1 saturated carbocycles. The van der Waals surface area contributed by atoms with Crippen LogP contribution in [0.5, 0.6) is 0 Å². The van der Waals surface area contributed by atoms with Gasteiger partial charge in [0, 0.05) is 25.0 Å². The lowest BCUT2D eigenvalue weighted by molar-refractivity contribution is -0.123. The molecule has 0 aromatic rings. The molecule has 1 aliphatic carbocycles. The van der Waals surface area contributed by atoms with E-state index in [4.69, 9.17) is 5.11 Å². The van der Waals surface area contributed by atoms with Crippen LogP contribution in [-0.4, -0.2) is 23.7 Å². The van der Waals surface area contributed by atoms with Crippen molar-refractivity contribution in [1.29, 1.82) is 0 Å². The maximum atomic E-state index is 11.0. The molecule has 2 fully saturated rings. The van der Waals surface area contributed by atoms with E-state index in [2.05, 4.69) is 5.32 Å². The first-order valence-electron chi connectivity index (χ1n) is 4.20. The first-order valence-corrected chi connectivity index (χ1v) is 4.20. The topological polar surface area (TPSA) is 49.3 Å². The number of aliphatic hydroxyl groups excluding tert-OH is 1. The molecule has 0 spiro atoms. The van der Waals surface area contributed by atoms with Crippen LogP contribution in [-0.2, 0) is 4.79 Å². The second-order valence-corrected chi connectivity index (χ2v) is 3.66. The van der Waals surface area contributed by atoms with Crippen LogP contribution in [0.1, 0.15) is 19.3 Å². The van der Waals surface area contributed by atoms with Gasteiger partial charge in [0.15, 0.2) is 0 Å². The van der Waals surface area contributed by atoms with Gasteiger partial charge in [0.25, 0.3) is 0 Å². The van der Waals surface area contributed by atoms with E-state index in [1.54, 1.807) is 0 Å². The molecule has 2 bridgehead atoms. The molecule has 1 saturated heterocycles. The number of hydrogen-bond acceptors (Lipinski definition) is 2. The first kappa shape index (κ1) is 7.10. The number of fused-ring (bicyclic) bond motifs is 2. The van der Waals surface area contributed by atoms with Crippen LogP contribution < -0.4 is 5.32 Å². The van der Waals surface area contributed by atoms with Crippen molar-refractivity contribution in [3.8, 4) is 0 Å². The highest BCUT2D eigenvalue weighted by molar-refractivity contribution is 5.77. The molecular weight excluding hydrogens is 142 g/mol. The van der Waals surface area contributed by atoms with E-state index in [0.29, 0.717) is 18.3 Å². The minimum absolute atomic E-state index is 0.169. The Morgan fingerprint density at radius 3 is 3.09 bits per heavy atom. The Hall–Kier alpha value is -0.570. The summed E-state index contributed by atoms with van der Waals surface area (Å²) < 4.78 is 0. The lowest BCUT2D eigenvalue weighted by Gasteiger charge is -2.21. The van der Waals surface area contributed by atoms with Crippen molar-refractivity contribution in [2.24, 2.45) is 11.8 Å². The predicted molar refractivity (Wildman–Crippen MR) is 39.8 cm³/mol. The van der Waals surface area contributed by atoms with Gasteiger partial charge in [-0.25, -0.2) is 0 Å². The molecule has 0 aromatic heterocycles. The summed E-state index contributed by atoms with van der Waals surface area (Å²) in [6.45, 7) is 0.224. The number of carbonyl (C=O) groups excluding carboxylic acids is 1. The fraction of sp³-hybridized carbons (Fsp3) is 0.875. The normalized spacial score (nSPS) is 42.3. The highest BCUT2D eigenvalue weighted by Gasteiger charge is 2.39. The van der Waals surface area contributed by atoms with Gasteiger partial charge in [0.1, 0.15) is 0 Å². The third-order valence-electron chi connectivity index (χ3n) is 2.85. The Kier molecular flexibility index (Phi) is 1.60. The van der Waals surface area contributed by atoms with Crippen molar-refractivity contribution in [3.63, 3.8) is 0 Å². The van der Waals surface area contributed by atoms with Crippen molar-refractivity contribution >= 4 is 5.91 Å². The Morgan fingerprint density at radius 1 is 1.55 bits per heavy atom. The van der Waals surface area contributed by atoms with E-state index in [9.17, 15) is 4.79 Å². The van der Waals surface area contributed by atoms with Crippen LogP contribution in [0.15, 0.2) is 0 Å². The number of amides is 1. The Labute approximate surface area is 65.8 Å². The minimum Gasteiger partial charge on any atom is -0.396 e. The summed E-state index contributed by atoms with van der Waals surface area (Å²) in [6, 6.07) is 0.270. The standard InChI is InChI=1S/C8H13NO2/c10-4-6-1-5-2-7(6)9-8(11)3-5/h5-7,10H,1-4H2,(H,9,11)/t5-,6+,7-/m1/s1. The molecule has 2 rings (SSSR count). The molecule has 3 atom stereocenters. The molecule has 3 heteroatoms. The molecular formula is C8H13NO2. The molecule has 2 aliphatic rings. The van der Waals surface area contributed by atoms with Gasteiger partial charge >= 0.3 is 0 Å². The summed E-state index contributed by atoms with van der Waals surface area (Å²) in [6.07, 6.45) is 2.78. The van der Waals surface area contributed by atoms with E-state index in [0.717, 1.165) is 12.8 Å². The van der Waals surface area contributed by atoms with Gasteiger partial charge < -0.3 is 10.4 Å². The number of carbonyl (C=O) groups is 1. The number of nitrogens with one attached hydrogen (secondary N) is 1. The van der Waals surface area contributed by atoms with Crippen LogP contribution >= 0.6 is 0 Å². The van der Waals surface area contributed by atoms with E-state index < -0.39 is 0 Å². The average molecular weight is 155 g/mol. The molecule has 1 heterocycles. The third kappa shape index (κ3) is 1.13. The Balaban J connectivity index is 2.08. The second kappa shape index (κ2) is 2.48. The van der Waals surface area contributed by atoms with E-state index in [1.807, 2.05) is 0 Å². The highest BCUT2D eigenvalue weighted by atomic mass is 16.3. The number of rotatable bonds is 1. The fourth-order valence-electron chi connectivity index (χ4n) is 2.31. The molecule has 2 N–H and O–H groups in total. The van der Waals surface area contributed by atoms with E-state index >= 15 is 0 Å². The van der Waals surface area contributed by atoms with Crippen molar-refractivity contribution in [3.05, 3.63) is 0 Å². The van der Waals surface area contributed by atoms with Crippen LogP contribution in [0, 0.1) is 11.8 Å². The number of piperidine rings is 1. The SMILES string of the molecule is O=C1C[C@@H]2C[C@@H](CO)[C@@H](C2)N1. The van der Waals surface area contributed by atoms with Crippen LogP contribution in [0.3, 0.4) is 0 Å². The largest absolute Gasteiger partial charge is 0.396 e. The van der Waals surface area contributed by atoms with Gasteiger partial charge in [-0.1, -0.05) is 0 Å². The molecule has 0 radical (unpaired) electrons. The Morgan fingerprint density at radius 2 is 2.36 bits per heavy atom. The van der Waals surface area contributed by atoms with E-state index in [-0.39, 0.29) is 18.6 Å². The van der Waals surface area contributed by atoms with Crippen molar-refractivity contribution in [2.45, 2.75) is 25.3 Å². The second-order valence-electron chi connectivity index (χ2n) is 3.66. The molecule has 11 heavy (non-hydrogen) atoms. The smallest absolute Gasteiger partial charge is 0.220 e. The van der Waals surface area contributed by atoms with Crippen LogP contribution in [0.25, 0.3) is 0 Å². The summed E-state index contributed by atoms with van der Waals surface area (Å²) in [4.78, 5) is 11.0. The zero-order valence-corrected chi connectivity index (χ0v) is 6.42. The predicted octanol–water partition coefficient (Wildman–Crippen LogP) is -0.107. The quantitative estimate of drug-likeness (QED) is 0.555. The van der Waals surface area contributed by atoms with Gasteiger partial charge in [0.2, 0.25) is 5.91 Å². The average Bonchev–Trinajstić information content (AvgIpc) is 2.25. The van der Waals surface area contributed by atoms with Gasteiger partial charge in [-0.3, -0.25) is 4.79 Å². The summed E-state index contributed by atoms with van der Waals surface area (Å²) in [5.74, 6) is 1.04. The van der Waals surface area contributed by atoms with E-state index in [1.165, 1.54) is 0 Å². The summed E-state index contributed by atoms with van der Waals surface area (Å²) >= 11 is 0. The maximum absolute atomic E-state index is 11.0. The van der Waals surface area contributed by atoms with Crippen molar-refractivity contribution in [2.75, 3.05) is 6.61 Å². The highest BCUT2D eigenvalue weighted by Crippen LogP contribution is 2.36. The summed E-state index contributed by atoms with van der Waals surface area (Å²) in [5.41, 5.74) is 0. The lowest BCUT2D eigenvalue weighted by Crippen LogP contribution is -2.40. The zero-order chi connectivity index (χ0) is 7.84. The summed E-state index contributed by atoms with van der Waals surface area (Å²) in [7, 11) is 0. The van der Waals surface area contributed by atoms with Crippen LogP contribution in [0.4, 0.5) is 0 Å². The molecule has 62 valence electrons. The number of aliphatic hydroxyl groups is 1. The maximum Gasteiger partial charge on any atom is 0.220 e. The van der Waals surface area contributed by atoms with Gasteiger partial charge in [-0.2, -0.15) is 0 Å². The Bertz CT molecular complexity index is 181. The molecule has 3 nitrogen and oxygen atoms in total. The molecule has 0 aromatic carbocycles. The molecule has 1 aliphatic heterocycles. The van der Waals surface area contributed by atoms with Crippen LogP contribution in [0.2, 0.25) is 0 Å². The van der Waals surface area contributed by atoms with Crippen molar-refractivity contribution < 1.29 is 9.90 Å². The fourth-order valence-corrected chi connectivity index (χ4v) is 2.31. The molecule has 1 amide bonds. The monoisotopic (exact) mass is 155 g/mol. The van der Waals surface area contributed by atoms with Crippen molar-refractivity contribution in [1.82, 2.24) is 5.32 Å².